The molecule has 1 aromatic carbocycles. The lowest BCUT2D eigenvalue weighted by Crippen LogP contribution is -2.44. The average Bonchev–Trinajstić information content (AvgIpc) is 3.53. The van der Waals surface area contributed by atoms with Gasteiger partial charge in [-0.2, -0.15) is 10.2 Å². The maximum atomic E-state index is 9.65. The number of aromatic nitrogens is 6. The Morgan fingerprint density at radius 3 is 2.29 bits per heavy atom. The van der Waals surface area contributed by atoms with Crippen LogP contribution in [-0.2, 0) is 11.8 Å². The van der Waals surface area contributed by atoms with Crippen molar-refractivity contribution in [2.75, 3.05) is 19.8 Å². The van der Waals surface area contributed by atoms with Crippen molar-refractivity contribution in [1.82, 2.24) is 29.5 Å². The lowest BCUT2D eigenvalue weighted by Gasteiger charge is -2.45. The molecule has 2 fully saturated rings. The van der Waals surface area contributed by atoms with Crippen LogP contribution < -0.4 is 0 Å². The van der Waals surface area contributed by atoms with Gasteiger partial charge < -0.3 is 9.84 Å². The Balaban J connectivity index is 1.22. The summed E-state index contributed by atoms with van der Waals surface area (Å²) < 4.78 is 9.72. The molecule has 1 aliphatic carbocycles. The molecule has 2 atom stereocenters. The lowest BCUT2D eigenvalue weighted by molar-refractivity contribution is -0.0750. The number of aliphatic hydroxyl groups excluding tert-OH is 1. The normalized spacial score (nSPS) is 24.3. The van der Waals surface area contributed by atoms with Crippen molar-refractivity contribution >= 4 is 0 Å². The summed E-state index contributed by atoms with van der Waals surface area (Å²) >= 11 is 0. The smallest absolute Gasteiger partial charge is 0.159 e. The molecule has 8 nitrogen and oxygen atoms in total. The standard InChI is InChI=1S/C26H28N6O2/c1-31-12-23(10-29-31)18-3-2-4-19(7-18)26-27-8-22(9-28-26)24-11-30-32(13-24)25-20-5-17(14-33)6-21(25)16-34-15-20/h2-4,7-13,17,20-21,25,33H,5-6,14-16H2,1H3. The molecule has 174 valence electrons. The highest BCUT2D eigenvalue weighted by molar-refractivity contribution is 5.70. The minimum atomic E-state index is 0.263. The summed E-state index contributed by atoms with van der Waals surface area (Å²) in [6.45, 7) is 1.74. The zero-order valence-electron chi connectivity index (χ0n) is 19.2. The molecular formula is C26H28N6O2. The first-order valence-electron chi connectivity index (χ1n) is 11.8. The monoisotopic (exact) mass is 456 g/mol. The van der Waals surface area contributed by atoms with E-state index in [0.717, 1.165) is 53.9 Å². The highest BCUT2D eigenvalue weighted by Crippen LogP contribution is 2.44. The fourth-order valence-electron chi connectivity index (χ4n) is 5.59. The van der Waals surface area contributed by atoms with Crippen molar-refractivity contribution in [3.8, 4) is 33.6 Å². The third-order valence-electron chi connectivity index (χ3n) is 7.21. The van der Waals surface area contributed by atoms with Gasteiger partial charge in [0.15, 0.2) is 5.82 Å². The Morgan fingerprint density at radius 2 is 1.59 bits per heavy atom. The van der Waals surface area contributed by atoms with E-state index in [4.69, 9.17) is 9.84 Å². The predicted octanol–water partition coefficient (Wildman–Crippen LogP) is 3.61. The van der Waals surface area contributed by atoms with Crippen LogP contribution >= 0.6 is 0 Å². The summed E-state index contributed by atoms with van der Waals surface area (Å²) in [5.74, 6) is 1.85. The van der Waals surface area contributed by atoms with Gasteiger partial charge in [-0.1, -0.05) is 18.2 Å². The van der Waals surface area contributed by atoms with Crippen LogP contribution in [0.25, 0.3) is 33.6 Å². The van der Waals surface area contributed by atoms with E-state index in [-0.39, 0.29) is 6.61 Å². The number of nitrogens with zero attached hydrogens (tertiary/aromatic N) is 6. The number of aliphatic hydroxyl groups is 1. The van der Waals surface area contributed by atoms with E-state index in [1.807, 2.05) is 50.2 Å². The van der Waals surface area contributed by atoms with Crippen LogP contribution in [0.4, 0.5) is 0 Å². The first kappa shape index (κ1) is 21.2. The number of aryl methyl sites for hydroxylation is 1. The van der Waals surface area contributed by atoms with Crippen molar-refractivity contribution < 1.29 is 9.84 Å². The Hall–Kier alpha value is -3.36. The Morgan fingerprint density at radius 1 is 0.882 bits per heavy atom. The molecule has 6 rings (SSSR count). The molecule has 3 aromatic heterocycles. The van der Waals surface area contributed by atoms with Crippen LogP contribution in [-0.4, -0.2) is 54.5 Å². The summed E-state index contributed by atoms with van der Waals surface area (Å²) in [5, 5.41) is 18.6. The summed E-state index contributed by atoms with van der Waals surface area (Å²) in [6, 6.07) is 8.52. The number of hydrogen-bond acceptors (Lipinski definition) is 6. The maximum absolute atomic E-state index is 9.65. The number of fused-ring (bicyclic) bond motifs is 2. The van der Waals surface area contributed by atoms with Crippen LogP contribution in [0.1, 0.15) is 18.9 Å². The van der Waals surface area contributed by atoms with Gasteiger partial charge in [0.25, 0.3) is 0 Å². The van der Waals surface area contributed by atoms with Gasteiger partial charge in [-0.15, -0.1) is 0 Å². The second-order valence-corrected chi connectivity index (χ2v) is 9.56. The van der Waals surface area contributed by atoms with E-state index >= 15 is 0 Å². The molecule has 4 heterocycles. The average molecular weight is 457 g/mol. The van der Waals surface area contributed by atoms with Crippen molar-refractivity contribution in [2.45, 2.75) is 18.9 Å². The number of hydrogen-bond donors (Lipinski definition) is 1. The van der Waals surface area contributed by atoms with Crippen LogP contribution in [0.15, 0.2) is 61.4 Å². The largest absolute Gasteiger partial charge is 0.396 e. The van der Waals surface area contributed by atoms with Crippen molar-refractivity contribution in [3.63, 3.8) is 0 Å². The molecule has 0 spiro atoms. The Kier molecular flexibility index (Phi) is 5.47. The van der Waals surface area contributed by atoms with Gasteiger partial charge in [0.1, 0.15) is 0 Å². The number of ether oxygens (including phenoxy) is 1. The zero-order chi connectivity index (χ0) is 23.1. The molecule has 2 unspecified atom stereocenters. The Labute approximate surface area is 198 Å². The van der Waals surface area contributed by atoms with E-state index < -0.39 is 0 Å². The fourth-order valence-corrected chi connectivity index (χ4v) is 5.59. The van der Waals surface area contributed by atoms with Gasteiger partial charge in [-0.3, -0.25) is 9.36 Å². The first-order valence-corrected chi connectivity index (χ1v) is 11.8. The molecule has 1 aliphatic heterocycles. The molecule has 2 bridgehead atoms. The molecule has 2 aliphatic rings. The highest BCUT2D eigenvalue weighted by atomic mass is 16.5. The second kappa shape index (κ2) is 8.77. The van der Waals surface area contributed by atoms with E-state index in [2.05, 4.69) is 38.1 Å². The molecule has 4 aromatic rings. The van der Waals surface area contributed by atoms with Crippen LogP contribution in [0, 0.1) is 17.8 Å². The molecule has 8 heteroatoms. The third kappa shape index (κ3) is 3.93. The first-order chi connectivity index (χ1) is 16.7. The highest BCUT2D eigenvalue weighted by Gasteiger charge is 2.42. The summed E-state index contributed by atoms with van der Waals surface area (Å²) in [7, 11) is 1.91. The van der Waals surface area contributed by atoms with Crippen LogP contribution in [0.2, 0.25) is 0 Å². The number of rotatable bonds is 5. The molecule has 34 heavy (non-hydrogen) atoms. The summed E-state index contributed by atoms with van der Waals surface area (Å²) in [6.07, 6.45) is 13.6. The van der Waals surface area contributed by atoms with Gasteiger partial charge in [0, 0.05) is 72.5 Å². The minimum Gasteiger partial charge on any atom is -0.396 e. The molecule has 0 amide bonds. The zero-order valence-corrected chi connectivity index (χ0v) is 19.2. The minimum absolute atomic E-state index is 0.263. The van der Waals surface area contributed by atoms with Crippen molar-refractivity contribution in [3.05, 3.63) is 61.4 Å². The fraction of sp³-hybridized carbons (Fsp3) is 0.385. The third-order valence-corrected chi connectivity index (χ3v) is 7.21. The quantitative estimate of drug-likeness (QED) is 0.493. The molecular weight excluding hydrogens is 428 g/mol. The number of benzene rings is 1. The Bertz CT molecular complexity index is 1270. The van der Waals surface area contributed by atoms with E-state index in [1.165, 1.54) is 0 Å². The summed E-state index contributed by atoms with van der Waals surface area (Å²) in [5.41, 5.74) is 5.08. The maximum Gasteiger partial charge on any atom is 0.159 e. The lowest BCUT2D eigenvalue weighted by atomic mass is 9.71. The van der Waals surface area contributed by atoms with Crippen LogP contribution in [0.5, 0.6) is 0 Å². The van der Waals surface area contributed by atoms with Gasteiger partial charge in [-0.25, -0.2) is 9.97 Å². The van der Waals surface area contributed by atoms with E-state index in [1.54, 1.807) is 4.68 Å². The van der Waals surface area contributed by atoms with E-state index in [9.17, 15) is 5.11 Å². The summed E-state index contributed by atoms with van der Waals surface area (Å²) in [4.78, 5) is 9.30. The van der Waals surface area contributed by atoms with Crippen LogP contribution in [0.3, 0.4) is 0 Å². The molecule has 1 saturated carbocycles. The van der Waals surface area contributed by atoms with Gasteiger partial charge in [0.05, 0.1) is 31.6 Å². The SMILES string of the molecule is Cn1cc(-c2cccc(-c3ncc(-c4cnn(C5C6COCC5CC(CO)C6)c4)cn3)c2)cn1. The van der Waals surface area contributed by atoms with Gasteiger partial charge in [0.2, 0.25) is 0 Å². The van der Waals surface area contributed by atoms with Crippen molar-refractivity contribution in [2.24, 2.45) is 24.8 Å². The van der Waals surface area contributed by atoms with Gasteiger partial charge in [-0.05, 0) is 30.4 Å². The topological polar surface area (TPSA) is 90.9 Å². The van der Waals surface area contributed by atoms with Crippen molar-refractivity contribution in [1.29, 1.82) is 0 Å². The molecule has 0 radical (unpaired) electrons. The second-order valence-electron chi connectivity index (χ2n) is 9.56. The predicted molar refractivity (Wildman–Crippen MR) is 128 cm³/mol. The molecule has 1 N–H and O–H groups in total. The molecule has 1 saturated heterocycles. The van der Waals surface area contributed by atoms with Gasteiger partial charge >= 0.3 is 0 Å². The van der Waals surface area contributed by atoms with E-state index in [0.29, 0.717) is 29.6 Å².